The lowest BCUT2D eigenvalue weighted by Crippen LogP contribution is -2.32. The molecule has 0 aliphatic carbocycles. The van der Waals surface area contributed by atoms with Crippen LogP contribution < -0.4 is 11.1 Å². The van der Waals surface area contributed by atoms with Crippen LogP contribution in [-0.4, -0.2) is 33.0 Å². The third-order valence-electron chi connectivity index (χ3n) is 2.75. The van der Waals surface area contributed by atoms with Gasteiger partial charge in [0.2, 0.25) is 0 Å². The number of aromatic nitrogens is 3. The van der Waals surface area contributed by atoms with Crippen molar-refractivity contribution < 1.29 is 4.79 Å². The highest BCUT2D eigenvalue weighted by atomic mass is 35.5. The van der Waals surface area contributed by atoms with Gasteiger partial charge in [0.05, 0.1) is 0 Å². The lowest BCUT2D eigenvalue weighted by atomic mass is 10.3. The number of rotatable bonds is 5. The van der Waals surface area contributed by atoms with Gasteiger partial charge in [-0.15, -0.1) is 11.6 Å². The van der Waals surface area contributed by atoms with E-state index in [1.54, 1.807) is 6.20 Å². The molecule has 0 atom stereocenters. The Morgan fingerprint density at radius 3 is 3.05 bits per heavy atom. The lowest BCUT2D eigenvalue weighted by molar-refractivity contribution is 0.248. The number of imidazole rings is 1. The van der Waals surface area contributed by atoms with Crippen LogP contribution in [0, 0.1) is 6.92 Å². The molecule has 7 heteroatoms. The first-order valence-electron chi connectivity index (χ1n) is 6.03. The third kappa shape index (κ3) is 3.14. The van der Waals surface area contributed by atoms with Crippen molar-refractivity contribution in [1.82, 2.24) is 19.9 Å². The first-order chi connectivity index (χ1) is 9.11. The zero-order valence-electron chi connectivity index (χ0n) is 10.7. The minimum atomic E-state index is -0.535. The minimum Gasteiger partial charge on any atom is -0.352 e. The molecule has 19 heavy (non-hydrogen) atoms. The predicted octanol–water partition coefficient (Wildman–Crippen LogP) is 1.19. The first kappa shape index (κ1) is 13.6. The summed E-state index contributed by atoms with van der Waals surface area (Å²) in [5, 5.41) is 2.56. The number of halogens is 1. The van der Waals surface area contributed by atoms with E-state index in [0.29, 0.717) is 25.4 Å². The predicted molar refractivity (Wildman–Crippen MR) is 74.3 cm³/mol. The summed E-state index contributed by atoms with van der Waals surface area (Å²) in [6.45, 7) is 2.98. The Morgan fingerprint density at radius 2 is 2.37 bits per heavy atom. The molecule has 0 aromatic carbocycles. The molecule has 2 amide bonds. The van der Waals surface area contributed by atoms with Gasteiger partial charge in [0.1, 0.15) is 11.3 Å². The van der Waals surface area contributed by atoms with Crippen molar-refractivity contribution in [1.29, 1.82) is 0 Å². The van der Waals surface area contributed by atoms with Gasteiger partial charge in [-0.2, -0.15) is 0 Å². The molecule has 2 aromatic rings. The second-order valence-corrected chi connectivity index (χ2v) is 4.64. The van der Waals surface area contributed by atoms with Gasteiger partial charge in [0.25, 0.3) is 0 Å². The number of hydrogen-bond acceptors (Lipinski definition) is 3. The second kappa shape index (κ2) is 5.88. The number of primary amides is 1. The smallest absolute Gasteiger partial charge is 0.312 e. The SMILES string of the molecule is Cc1cnc2c(c1)nc(CCCl)n2CCNC(N)=O. The summed E-state index contributed by atoms with van der Waals surface area (Å²) in [7, 11) is 0. The summed E-state index contributed by atoms with van der Waals surface area (Å²) in [5.74, 6) is 1.36. The zero-order valence-corrected chi connectivity index (χ0v) is 11.4. The van der Waals surface area contributed by atoms with Crippen molar-refractivity contribution in [3.05, 3.63) is 23.7 Å². The van der Waals surface area contributed by atoms with Crippen molar-refractivity contribution in [3.8, 4) is 0 Å². The highest BCUT2D eigenvalue weighted by Crippen LogP contribution is 2.15. The molecular formula is C12H16ClN5O. The van der Waals surface area contributed by atoms with Gasteiger partial charge >= 0.3 is 6.03 Å². The van der Waals surface area contributed by atoms with Gasteiger partial charge in [-0.3, -0.25) is 0 Å². The summed E-state index contributed by atoms with van der Waals surface area (Å²) in [4.78, 5) is 19.6. The van der Waals surface area contributed by atoms with E-state index < -0.39 is 6.03 Å². The fraction of sp³-hybridized carbons (Fsp3) is 0.417. The normalized spacial score (nSPS) is 10.8. The molecule has 6 nitrogen and oxygen atoms in total. The van der Waals surface area contributed by atoms with Crippen molar-refractivity contribution in [2.45, 2.75) is 19.9 Å². The highest BCUT2D eigenvalue weighted by Gasteiger charge is 2.11. The number of urea groups is 1. The Morgan fingerprint density at radius 1 is 1.58 bits per heavy atom. The number of carbonyl (C=O) groups is 1. The number of nitrogens with two attached hydrogens (primary N) is 1. The van der Waals surface area contributed by atoms with E-state index in [1.807, 2.05) is 17.6 Å². The van der Waals surface area contributed by atoms with E-state index in [4.69, 9.17) is 17.3 Å². The summed E-state index contributed by atoms with van der Waals surface area (Å²) < 4.78 is 1.97. The molecule has 0 aliphatic rings. The number of pyridine rings is 1. The average Bonchev–Trinajstić information content (AvgIpc) is 2.66. The van der Waals surface area contributed by atoms with Crippen molar-refractivity contribution in [2.24, 2.45) is 5.73 Å². The van der Waals surface area contributed by atoms with Crippen LogP contribution in [0.4, 0.5) is 4.79 Å². The van der Waals surface area contributed by atoms with E-state index in [2.05, 4.69) is 15.3 Å². The van der Waals surface area contributed by atoms with Crippen LogP contribution in [0.3, 0.4) is 0 Å². The standard InChI is InChI=1S/C12H16ClN5O/c1-8-6-9-11(16-7-8)18(5-4-15-12(14)19)10(17-9)2-3-13/h6-7H,2-5H2,1H3,(H3,14,15,19). The molecule has 0 bridgehead atoms. The Kier molecular flexibility index (Phi) is 4.21. The van der Waals surface area contributed by atoms with Gasteiger partial charge in [0.15, 0.2) is 5.65 Å². The Hall–Kier alpha value is -1.82. The van der Waals surface area contributed by atoms with Crippen LogP contribution in [0.1, 0.15) is 11.4 Å². The Bertz CT molecular complexity index is 595. The van der Waals surface area contributed by atoms with Gasteiger partial charge < -0.3 is 15.6 Å². The minimum absolute atomic E-state index is 0.436. The molecule has 0 aliphatic heterocycles. The number of hydrogen-bond donors (Lipinski definition) is 2. The van der Waals surface area contributed by atoms with Gasteiger partial charge in [-0.05, 0) is 18.6 Å². The maximum absolute atomic E-state index is 10.7. The number of amides is 2. The molecule has 2 heterocycles. The maximum atomic E-state index is 10.7. The lowest BCUT2D eigenvalue weighted by Gasteiger charge is -2.08. The maximum Gasteiger partial charge on any atom is 0.312 e. The largest absolute Gasteiger partial charge is 0.352 e. The topological polar surface area (TPSA) is 85.8 Å². The molecule has 0 fully saturated rings. The van der Waals surface area contributed by atoms with Crippen molar-refractivity contribution in [3.63, 3.8) is 0 Å². The third-order valence-corrected chi connectivity index (χ3v) is 2.94. The second-order valence-electron chi connectivity index (χ2n) is 4.27. The zero-order chi connectivity index (χ0) is 13.8. The number of carbonyl (C=O) groups excluding carboxylic acids is 1. The molecule has 0 saturated carbocycles. The molecule has 0 unspecified atom stereocenters. The monoisotopic (exact) mass is 281 g/mol. The van der Waals surface area contributed by atoms with E-state index in [-0.39, 0.29) is 0 Å². The number of nitrogens with zero attached hydrogens (tertiary/aromatic N) is 3. The van der Waals surface area contributed by atoms with Crippen LogP contribution in [0.5, 0.6) is 0 Å². The van der Waals surface area contributed by atoms with Crippen LogP contribution in [0.2, 0.25) is 0 Å². The number of alkyl halides is 1. The number of fused-ring (bicyclic) bond motifs is 1. The molecule has 2 rings (SSSR count). The fourth-order valence-corrected chi connectivity index (χ4v) is 2.13. The molecule has 3 N–H and O–H groups in total. The fourth-order valence-electron chi connectivity index (χ4n) is 1.96. The Labute approximate surface area is 116 Å². The number of aryl methyl sites for hydroxylation is 2. The number of nitrogens with one attached hydrogen (secondary N) is 1. The van der Waals surface area contributed by atoms with E-state index in [9.17, 15) is 4.79 Å². The van der Waals surface area contributed by atoms with Crippen molar-refractivity contribution >= 4 is 28.8 Å². The molecule has 0 saturated heterocycles. The van der Waals surface area contributed by atoms with Crippen LogP contribution >= 0.6 is 11.6 Å². The van der Waals surface area contributed by atoms with E-state index in [0.717, 1.165) is 22.6 Å². The summed E-state index contributed by atoms with van der Waals surface area (Å²) in [5.41, 5.74) is 7.76. The first-order valence-corrected chi connectivity index (χ1v) is 6.56. The van der Waals surface area contributed by atoms with Gasteiger partial charge in [-0.25, -0.2) is 14.8 Å². The van der Waals surface area contributed by atoms with Crippen LogP contribution in [0.15, 0.2) is 12.3 Å². The summed E-state index contributed by atoms with van der Waals surface area (Å²) >= 11 is 5.79. The van der Waals surface area contributed by atoms with Gasteiger partial charge in [0, 0.05) is 31.6 Å². The van der Waals surface area contributed by atoms with E-state index >= 15 is 0 Å². The molecule has 2 aromatic heterocycles. The quantitative estimate of drug-likeness (QED) is 0.807. The van der Waals surface area contributed by atoms with Crippen molar-refractivity contribution in [2.75, 3.05) is 12.4 Å². The van der Waals surface area contributed by atoms with Gasteiger partial charge in [-0.1, -0.05) is 0 Å². The average molecular weight is 282 g/mol. The Balaban J connectivity index is 2.31. The summed E-state index contributed by atoms with van der Waals surface area (Å²) in [6, 6.07) is 1.45. The van der Waals surface area contributed by atoms with Crippen LogP contribution in [-0.2, 0) is 13.0 Å². The highest BCUT2D eigenvalue weighted by molar-refractivity contribution is 6.17. The molecule has 0 spiro atoms. The van der Waals surface area contributed by atoms with E-state index in [1.165, 1.54) is 0 Å². The molecular weight excluding hydrogens is 266 g/mol. The molecule has 102 valence electrons. The summed E-state index contributed by atoms with van der Waals surface area (Å²) in [6.07, 6.45) is 2.46. The molecule has 0 radical (unpaired) electrons. The van der Waals surface area contributed by atoms with Crippen LogP contribution in [0.25, 0.3) is 11.2 Å².